The molecule has 25 heavy (non-hydrogen) atoms. The second kappa shape index (κ2) is 6.09. The van der Waals surface area contributed by atoms with Gasteiger partial charge < -0.3 is 16.0 Å². The summed E-state index contributed by atoms with van der Waals surface area (Å²) in [4.78, 5) is 24.3. The highest BCUT2D eigenvalue weighted by Gasteiger charge is 2.09. The third kappa shape index (κ3) is 3.05. The van der Waals surface area contributed by atoms with Crippen LogP contribution in [-0.2, 0) is 0 Å². The van der Waals surface area contributed by atoms with Gasteiger partial charge in [0.25, 0.3) is 5.91 Å². The first kappa shape index (κ1) is 14.9. The molecule has 0 bridgehead atoms. The van der Waals surface area contributed by atoms with E-state index in [0.29, 0.717) is 22.8 Å². The second-order valence-corrected chi connectivity index (χ2v) is 5.61. The first-order valence-electron chi connectivity index (χ1n) is 7.77. The van der Waals surface area contributed by atoms with Crippen LogP contribution < -0.4 is 11.1 Å². The summed E-state index contributed by atoms with van der Waals surface area (Å²) in [6.07, 6.45) is 1.72. The van der Waals surface area contributed by atoms with Crippen molar-refractivity contribution in [3.05, 3.63) is 72.4 Å². The molecule has 0 aliphatic carbocycles. The van der Waals surface area contributed by atoms with Gasteiger partial charge in [0.1, 0.15) is 5.69 Å². The highest BCUT2D eigenvalue weighted by molar-refractivity contribution is 6.05. The summed E-state index contributed by atoms with van der Waals surface area (Å²) in [7, 11) is 0. The summed E-state index contributed by atoms with van der Waals surface area (Å²) in [5.41, 5.74) is 9.91. The molecule has 0 fully saturated rings. The van der Waals surface area contributed by atoms with Crippen LogP contribution in [0.2, 0.25) is 0 Å². The SMILES string of the molecule is Nc1ccc(C(=O)Nc2ccc3nc(-c4ccccn4)[nH]c3c2)cc1. The number of H-pyrrole nitrogens is 1. The van der Waals surface area contributed by atoms with E-state index in [1.54, 1.807) is 30.5 Å². The number of aromatic nitrogens is 3. The first-order valence-corrected chi connectivity index (χ1v) is 7.77. The monoisotopic (exact) mass is 329 g/mol. The average molecular weight is 329 g/mol. The Morgan fingerprint density at radius 3 is 2.64 bits per heavy atom. The fourth-order valence-corrected chi connectivity index (χ4v) is 2.55. The molecule has 0 aliphatic rings. The van der Waals surface area contributed by atoms with Crippen LogP contribution in [0.1, 0.15) is 10.4 Å². The molecule has 0 spiro atoms. The zero-order valence-corrected chi connectivity index (χ0v) is 13.2. The molecule has 0 unspecified atom stereocenters. The number of amides is 1. The summed E-state index contributed by atoms with van der Waals surface area (Å²) in [5.74, 6) is 0.501. The fraction of sp³-hybridized carbons (Fsp3) is 0. The molecule has 4 N–H and O–H groups in total. The van der Waals surface area contributed by atoms with Crippen molar-refractivity contribution < 1.29 is 4.79 Å². The maximum atomic E-state index is 12.3. The Morgan fingerprint density at radius 1 is 1.04 bits per heavy atom. The number of rotatable bonds is 3. The molecule has 6 heteroatoms. The molecule has 4 rings (SSSR count). The predicted octanol–water partition coefficient (Wildman–Crippen LogP) is 3.46. The number of carbonyl (C=O) groups is 1. The van der Waals surface area contributed by atoms with Crippen molar-refractivity contribution in [3.63, 3.8) is 0 Å². The molecule has 0 radical (unpaired) electrons. The van der Waals surface area contributed by atoms with Gasteiger partial charge in [-0.05, 0) is 54.6 Å². The van der Waals surface area contributed by atoms with Crippen molar-refractivity contribution in [1.82, 2.24) is 15.0 Å². The second-order valence-electron chi connectivity index (χ2n) is 5.61. The van der Waals surface area contributed by atoms with Gasteiger partial charge in [-0.1, -0.05) is 6.07 Å². The molecule has 6 nitrogen and oxygen atoms in total. The standard InChI is InChI=1S/C19H15N5O/c20-13-6-4-12(5-7-13)19(25)22-14-8-9-15-17(11-14)24-18(23-15)16-3-1-2-10-21-16/h1-11H,20H2,(H,22,25)(H,23,24). The van der Waals surface area contributed by atoms with E-state index in [1.807, 2.05) is 36.4 Å². The fourth-order valence-electron chi connectivity index (χ4n) is 2.55. The van der Waals surface area contributed by atoms with Crippen LogP contribution in [0.15, 0.2) is 66.9 Å². The highest BCUT2D eigenvalue weighted by Crippen LogP contribution is 2.22. The van der Waals surface area contributed by atoms with Crippen LogP contribution >= 0.6 is 0 Å². The Bertz CT molecular complexity index is 1040. The van der Waals surface area contributed by atoms with E-state index in [4.69, 9.17) is 5.73 Å². The van der Waals surface area contributed by atoms with Crippen LogP contribution in [0.5, 0.6) is 0 Å². The van der Waals surface area contributed by atoms with Gasteiger partial charge in [-0.2, -0.15) is 0 Å². The van der Waals surface area contributed by atoms with E-state index in [2.05, 4.69) is 20.3 Å². The Hall–Kier alpha value is -3.67. The van der Waals surface area contributed by atoms with E-state index in [9.17, 15) is 4.79 Å². The van der Waals surface area contributed by atoms with Gasteiger partial charge in [-0.25, -0.2) is 4.98 Å². The molecule has 122 valence electrons. The number of anilines is 2. The molecule has 4 aromatic rings. The lowest BCUT2D eigenvalue weighted by Crippen LogP contribution is -2.11. The van der Waals surface area contributed by atoms with Crippen LogP contribution in [0.3, 0.4) is 0 Å². The van der Waals surface area contributed by atoms with Gasteiger partial charge in [0.2, 0.25) is 0 Å². The summed E-state index contributed by atoms with van der Waals surface area (Å²) in [6.45, 7) is 0. The molecule has 1 amide bonds. The largest absolute Gasteiger partial charge is 0.399 e. The number of aromatic amines is 1. The number of carbonyl (C=O) groups excluding carboxylic acids is 1. The van der Waals surface area contributed by atoms with Crippen LogP contribution in [0.25, 0.3) is 22.6 Å². The lowest BCUT2D eigenvalue weighted by atomic mass is 10.2. The Kier molecular flexibility index (Phi) is 3.63. The number of hydrogen-bond acceptors (Lipinski definition) is 4. The van der Waals surface area contributed by atoms with Crippen LogP contribution in [-0.4, -0.2) is 20.9 Å². The number of fused-ring (bicyclic) bond motifs is 1. The van der Waals surface area contributed by atoms with E-state index in [-0.39, 0.29) is 5.91 Å². The number of hydrogen-bond donors (Lipinski definition) is 3. The van der Waals surface area contributed by atoms with Gasteiger partial charge in [0, 0.05) is 23.1 Å². The lowest BCUT2D eigenvalue weighted by molar-refractivity contribution is 0.102. The zero-order valence-electron chi connectivity index (χ0n) is 13.2. The number of nitrogens with one attached hydrogen (secondary N) is 2. The number of imidazole rings is 1. The minimum absolute atomic E-state index is 0.191. The quantitative estimate of drug-likeness (QED) is 0.501. The van der Waals surface area contributed by atoms with E-state index in [1.165, 1.54) is 0 Å². The van der Waals surface area contributed by atoms with Gasteiger partial charge in [-0.3, -0.25) is 9.78 Å². The molecule has 0 atom stereocenters. The Balaban J connectivity index is 1.61. The zero-order chi connectivity index (χ0) is 17.2. The van der Waals surface area contributed by atoms with Crippen molar-refractivity contribution in [3.8, 4) is 11.5 Å². The van der Waals surface area contributed by atoms with E-state index in [0.717, 1.165) is 16.7 Å². The predicted molar refractivity (Wildman–Crippen MR) is 98.1 cm³/mol. The minimum Gasteiger partial charge on any atom is -0.399 e. The number of benzene rings is 2. The summed E-state index contributed by atoms with van der Waals surface area (Å²) < 4.78 is 0. The maximum absolute atomic E-state index is 12.3. The molecular weight excluding hydrogens is 314 g/mol. The normalized spacial score (nSPS) is 10.7. The van der Waals surface area contributed by atoms with Crippen LogP contribution in [0.4, 0.5) is 11.4 Å². The number of nitrogens with two attached hydrogens (primary N) is 1. The van der Waals surface area contributed by atoms with Gasteiger partial charge >= 0.3 is 0 Å². The van der Waals surface area contributed by atoms with E-state index >= 15 is 0 Å². The third-order valence-electron chi connectivity index (χ3n) is 3.82. The van der Waals surface area contributed by atoms with Gasteiger partial charge in [0.05, 0.1) is 11.0 Å². The van der Waals surface area contributed by atoms with Gasteiger partial charge in [0.15, 0.2) is 5.82 Å². The van der Waals surface area contributed by atoms with Crippen LogP contribution in [0, 0.1) is 0 Å². The molecule has 2 aromatic heterocycles. The minimum atomic E-state index is -0.191. The van der Waals surface area contributed by atoms with Crippen molar-refractivity contribution >= 4 is 28.3 Å². The Morgan fingerprint density at radius 2 is 1.88 bits per heavy atom. The summed E-state index contributed by atoms with van der Waals surface area (Å²) >= 11 is 0. The van der Waals surface area contributed by atoms with Crippen molar-refractivity contribution in [1.29, 1.82) is 0 Å². The Labute approximate surface area is 143 Å². The third-order valence-corrected chi connectivity index (χ3v) is 3.82. The maximum Gasteiger partial charge on any atom is 0.255 e. The van der Waals surface area contributed by atoms with E-state index < -0.39 is 0 Å². The summed E-state index contributed by atoms with van der Waals surface area (Å²) in [6, 6.07) is 18.0. The number of nitrogen functional groups attached to an aromatic ring is 1. The number of pyridine rings is 1. The molecule has 2 heterocycles. The van der Waals surface area contributed by atoms with Crippen molar-refractivity contribution in [2.24, 2.45) is 0 Å². The van der Waals surface area contributed by atoms with Crippen molar-refractivity contribution in [2.75, 3.05) is 11.1 Å². The smallest absolute Gasteiger partial charge is 0.255 e. The van der Waals surface area contributed by atoms with Crippen molar-refractivity contribution in [2.45, 2.75) is 0 Å². The molecule has 0 saturated heterocycles. The number of nitrogens with zero attached hydrogens (tertiary/aromatic N) is 2. The molecular formula is C19H15N5O. The average Bonchev–Trinajstić information content (AvgIpc) is 3.06. The lowest BCUT2D eigenvalue weighted by Gasteiger charge is -2.05. The molecule has 0 saturated carbocycles. The molecule has 2 aromatic carbocycles. The first-order chi connectivity index (χ1) is 12.2. The molecule has 0 aliphatic heterocycles. The highest BCUT2D eigenvalue weighted by atomic mass is 16.1. The topological polar surface area (TPSA) is 96.7 Å². The van der Waals surface area contributed by atoms with Gasteiger partial charge in [-0.15, -0.1) is 0 Å². The summed E-state index contributed by atoms with van der Waals surface area (Å²) in [5, 5.41) is 2.88.